The molecular weight excluding hydrogens is 234 g/mol. The predicted molar refractivity (Wildman–Crippen MR) is 65.9 cm³/mol. The van der Waals surface area contributed by atoms with Crippen LogP contribution in [0.25, 0.3) is 0 Å². The van der Waals surface area contributed by atoms with Crippen LogP contribution in [0.5, 0.6) is 5.75 Å². The molecule has 18 heavy (non-hydrogen) atoms. The summed E-state index contributed by atoms with van der Waals surface area (Å²) in [5, 5.41) is 9.05. The number of ketones is 1. The van der Waals surface area contributed by atoms with Gasteiger partial charge in [-0.1, -0.05) is 6.92 Å². The number of rotatable bonds is 4. The lowest BCUT2D eigenvalue weighted by atomic mass is 10.1. The fourth-order valence-corrected chi connectivity index (χ4v) is 1.95. The van der Waals surface area contributed by atoms with Gasteiger partial charge in [0.25, 0.3) is 11.7 Å². The highest BCUT2D eigenvalue weighted by molar-refractivity contribution is 6.52. The number of Topliss-reactive ketones (excluding diaryl/α,β-unsaturated/α-hetero) is 1. The van der Waals surface area contributed by atoms with Crippen LogP contribution in [-0.4, -0.2) is 37.1 Å². The Balaban J connectivity index is 2.39. The second kappa shape index (κ2) is 4.78. The molecule has 5 heteroatoms. The number of hydrogen-bond donors (Lipinski definition) is 1. The number of fused-ring (bicyclic) bond motifs is 1. The molecule has 96 valence electrons. The number of ether oxygens (including phenoxy) is 1. The minimum absolute atomic E-state index is 0.0305. The number of aliphatic hydroxyl groups is 1. The second-order valence-electron chi connectivity index (χ2n) is 4.42. The first kappa shape index (κ1) is 12.6. The van der Waals surface area contributed by atoms with Gasteiger partial charge in [-0.15, -0.1) is 0 Å². The minimum Gasteiger partial charge on any atom is -0.497 e. The van der Waals surface area contributed by atoms with Gasteiger partial charge in [0.1, 0.15) is 5.75 Å². The molecule has 0 fully saturated rings. The van der Waals surface area contributed by atoms with Crippen LogP contribution in [0.2, 0.25) is 0 Å². The molecule has 0 spiro atoms. The molecule has 2 rings (SSSR count). The van der Waals surface area contributed by atoms with Crippen LogP contribution >= 0.6 is 0 Å². The van der Waals surface area contributed by atoms with Crippen molar-refractivity contribution in [2.75, 3.05) is 25.2 Å². The van der Waals surface area contributed by atoms with Gasteiger partial charge in [-0.3, -0.25) is 9.59 Å². The van der Waals surface area contributed by atoms with Gasteiger partial charge in [0.05, 0.1) is 18.4 Å². The third kappa shape index (κ3) is 1.97. The first-order valence-corrected chi connectivity index (χ1v) is 5.73. The number of amides is 1. The number of methoxy groups -OCH3 is 1. The van der Waals surface area contributed by atoms with Crippen molar-refractivity contribution < 1.29 is 19.4 Å². The molecule has 1 unspecified atom stereocenters. The number of hydrogen-bond acceptors (Lipinski definition) is 4. The van der Waals surface area contributed by atoms with Crippen LogP contribution in [0.1, 0.15) is 17.3 Å². The number of carbonyl (C=O) groups is 2. The maximum Gasteiger partial charge on any atom is 0.299 e. The molecule has 1 aliphatic heterocycles. The molecule has 1 aromatic carbocycles. The Morgan fingerprint density at radius 2 is 2.11 bits per heavy atom. The highest BCUT2D eigenvalue weighted by atomic mass is 16.5. The molecule has 1 N–H and O–H groups in total. The lowest BCUT2D eigenvalue weighted by molar-refractivity contribution is -0.114. The molecule has 1 amide bonds. The zero-order chi connectivity index (χ0) is 13.3. The Hall–Kier alpha value is -1.88. The largest absolute Gasteiger partial charge is 0.497 e. The van der Waals surface area contributed by atoms with Crippen LogP contribution in [-0.2, 0) is 4.79 Å². The van der Waals surface area contributed by atoms with E-state index in [0.29, 0.717) is 23.5 Å². The molecule has 0 saturated carbocycles. The summed E-state index contributed by atoms with van der Waals surface area (Å²) >= 11 is 0. The number of benzene rings is 1. The van der Waals surface area contributed by atoms with E-state index in [-0.39, 0.29) is 12.5 Å². The van der Waals surface area contributed by atoms with Crippen molar-refractivity contribution in [3.63, 3.8) is 0 Å². The zero-order valence-corrected chi connectivity index (χ0v) is 10.3. The summed E-state index contributed by atoms with van der Waals surface area (Å²) in [6, 6.07) is 4.92. The Kier molecular flexibility index (Phi) is 3.34. The summed E-state index contributed by atoms with van der Waals surface area (Å²) in [6.45, 7) is 2.11. The Bertz CT molecular complexity index is 498. The Morgan fingerprint density at radius 1 is 1.39 bits per heavy atom. The quantitative estimate of drug-likeness (QED) is 0.803. The standard InChI is InChI=1S/C13H15NO4/c1-8(7-15)6-14-11-5-9(18-2)3-4-10(11)12(16)13(14)17/h3-5,8,15H,6-7H2,1-2H3. The highest BCUT2D eigenvalue weighted by Gasteiger charge is 2.36. The second-order valence-corrected chi connectivity index (χ2v) is 4.42. The summed E-state index contributed by atoms with van der Waals surface area (Å²) < 4.78 is 5.09. The first-order chi connectivity index (χ1) is 8.58. The molecule has 0 aromatic heterocycles. The SMILES string of the molecule is COc1ccc2c(c1)N(CC(C)CO)C(=O)C2=O. The molecule has 1 aromatic rings. The highest BCUT2D eigenvalue weighted by Crippen LogP contribution is 2.32. The van der Waals surface area contributed by atoms with E-state index in [9.17, 15) is 9.59 Å². The molecular formula is C13H15NO4. The van der Waals surface area contributed by atoms with Gasteiger partial charge in [0.15, 0.2) is 0 Å². The van der Waals surface area contributed by atoms with E-state index >= 15 is 0 Å². The zero-order valence-electron chi connectivity index (χ0n) is 10.3. The number of anilines is 1. The normalized spacial score (nSPS) is 15.8. The van der Waals surface area contributed by atoms with Gasteiger partial charge in [-0.2, -0.15) is 0 Å². The third-order valence-electron chi connectivity index (χ3n) is 2.99. The Morgan fingerprint density at radius 3 is 2.72 bits per heavy atom. The van der Waals surface area contributed by atoms with E-state index in [2.05, 4.69) is 0 Å². The van der Waals surface area contributed by atoms with Crippen molar-refractivity contribution in [2.45, 2.75) is 6.92 Å². The van der Waals surface area contributed by atoms with E-state index in [1.165, 1.54) is 12.0 Å². The summed E-state index contributed by atoms with van der Waals surface area (Å²) in [4.78, 5) is 25.1. The van der Waals surface area contributed by atoms with E-state index in [0.717, 1.165) is 0 Å². The predicted octanol–water partition coefficient (Wildman–Crippen LogP) is 0.853. The molecule has 0 saturated heterocycles. The van der Waals surface area contributed by atoms with Gasteiger partial charge >= 0.3 is 0 Å². The van der Waals surface area contributed by atoms with Gasteiger partial charge < -0.3 is 14.7 Å². The molecule has 1 atom stereocenters. The topological polar surface area (TPSA) is 66.8 Å². The van der Waals surface area contributed by atoms with Gasteiger partial charge in [0, 0.05) is 19.2 Å². The van der Waals surface area contributed by atoms with Crippen molar-refractivity contribution >= 4 is 17.4 Å². The van der Waals surface area contributed by atoms with Crippen LogP contribution in [0.15, 0.2) is 18.2 Å². The fraction of sp³-hybridized carbons (Fsp3) is 0.385. The molecule has 0 radical (unpaired) electrons. The van der Waals surface area contributed by atoms with E-state index in [1.807, 2.05) is 6.92 Å². The fourth-order valence-electron chi connectivity index (χ4n) is 1.95. The summed E-state index contributed by atoms with van der Waals surface area (Å²) in [5.41, 5.74) is 0.954. The summed E-state index contributed by atoms with van der Waals surface area (Å²) in [5.74, 6) is -0.534. The average molecular weight is 249 g/mol. The van der Waals surface area contributed by atoms with Crippen LogP contribution in [0, 0.1) is 5.92 Å². The molecule has 1 heterocycles. The Labute approximate surface area is 105 Å². The van der Waals surface area contributed by atoms with Crippen LogP contribution < -0.4 is 9.64 Å². The monoisotopic (exact) mass is 249 g/mol. The molecule has 1 aliphatic rings. The van der Waals surface area contributed by atoms with Crippen LogP contribution in [0.4, 0.5) is 5.69 Å². The average Bonchev–Trinajstić information content (AvgIpc) is 2.63. The summed E-state index contributed by atoms with van der Waals surface area (Å²) in [7, 11) is 1.53. The lowest BCUT2D eigenvalue weighted by Crippen LogP contribution is -2.34. The summed E-state index contributed by atoms with van der Waals surface area (Å²) in [6.07, 6.45) is 0. The van der Waals surface area contributed by atoms with E-state index in [1.54, 1.807) is 18.2 Å². The lowest BCUT2D eigenvalue weighted by Gasteiger charge is -2.20. The van der Waals surface area contributed by atoms with Crippen molar-refractivity contribution in [3.05, 3.63) is 23.8 Å². The molecule has 5 nitrogen and oxygen atoms in total. The van der Waals surface area contributed by atoms with Crippen molar-refractivity contribution in [2.24, 2.45) is 5.92 Å². The van der Waals surface area contributed by atoms with Crippen LogP contribution in [0.3, 0.4) is 0 Å². The van der Waals surface area contributed by atoms with E-state index < -0.39 is 11.7 Å². The van der Waals surface area contributed by atoms with Gasteiger partial charge in [0.2, 0.25) is 0 Å². The van der Waals surface area contributed by atoms with Gasteiger partial charge in [-0.25, -0.2) is 0 Å². The number of carbonyl (C=O) groups excluding carboxylic acids is 2. The maximum absolute atomic E-state index is 11.9. The molecule has 0 aliphatic carbocycles. The molecule has 0 bridgehead atoms. The smallest absolute Gasteiger partial charge is 0.299 e. The number of aliphatic hydroxyl groups excluding tert-OH is 1. The van der Waals surface area contributed by atoms with Gasteiger partial charge in [-0.05, 0) is 18.1 Å². The van der Waals surface area contributed by atoms with E-state index in [4.69, 9.17) is 9.84 Å². The first-order valence-electron chi connectivity index (χ1n) is 5.73. The maximum atomic E-state index is 11.9. The minimum atomic E-state index is -0.543. The van der Waals surface area contributed by atoms with Crippen molar-refractivity contribution in [3.8, 4) is 5.75 Å². The van der Waals surface area contributed by atoms with Crippen molar-refractivity contribution in [1.29, 1.82) is 0 Å². The number of nitrogens with zero attached hydrogens (tertiary/aromatic N) is 1. The van der Waals surface area contributed by atoms with Crippen molar-refractivity contribution in [1.82, 2.24) is 0 Å². The third-order valence-corrected chi connectivity index (χ3v) is 2.99.